The van der Waals surface area contributed by atoms with Crippen molar-refractivity contribution in [1.29, 1.82) is 0 Å². The van der Waals surface area contributed by atoms with E-state index in [0.717, 1.165) is 27.0 Å². The van der Waals surface area contributed by atoms with Gasteiger partial charge in [-0.05, 0) is 48.9 Å². The number of hydrogen-bond acceptors (Lipinski definition) is 6. The van der Waals surface area contributed by atoms with Crippen molar-refractivity contribution in [1.82, 2.24) is 24.3 Å². The van der Waals surface area contributed by atoms with Crippen LogP contribution in [0, 0.1) is 0 Å². The molecule has 0 saturated carbocycles. The van der Waals surface area contributed by atoms with Gasteiger partial charge in [0.05, 0.1) is 22.1 Å². The number of halogens is 1. The maximum atomic E-state index is 12.8. The van der Waals surface area contributed by atoms with E-state index in [0.29, 0.717) is 25.5 Å². The number of nitrogen functional groups attached to an aromatic ring is 1. The highest BCUT2D eigenvalue weighted by Gasteiger charge is 2.31. The van der Waals surface area contributed by atoms with Crippen molar-refractivity contribution in [2.45, 2.75) is 39.5 Å². The molecule has 0 saturated heterocycles. The molecule has 0 radical (unpaired) electrons. The van der Waals surface area contributed by atoms with Crippen LogP contribution in [0.3, 0.4) is 0 Å². The van der Waals surface area contributed by atoms with Crippen LogP contribution in [0.2, 0.25) is 0 Å². The minimum atomic E-state index is -0.580. The molecule has 1 amide bonds. The van der Waals surface area contributed by atoms with Crippen LogP contribution in [0.1, 0.15) is 26.5 Å². The number of allylic oxidation sites excluding steroid dienone is 4. The zero-order valence-electron chi connectivity index (χ0n) is 16.6. The SMILES string of the molecule is CC(C)(C)OC(=O)N1C=CC=CC=C1N1CCn2c(c(Br)c3c(N)ncnc32)C1. The van der Waals surface area contributed by atoms with Crippen LogP contribution >= 0.6 is 15.9 Å². The monoisotopic (exact) mass is 458 g/mol. The highest BCUT2D eigenvalue weighted by molar-refractivity contribution is 9.10. The Balaban J connectivity index is 1.68. The number of hydrogen-bond donors (Lipinski definition) is 1. The molecule has 2 aliphatic heterocycles. The first-order valence-corrected chi connectivity index (χ1v) is 10.1. The Morgan fingerprint density at radius 3 is 2.76 bits per heavy atom. The summed E-state index contributed by atoms with van der Waals surface area (Å²) in [6, 6.07) is 0. The van der Waals surface area contributed by atoms with Gasteiger partial charge < -0.3 is 19.9 Å². The molecule has 0 unspecified atom stereocenters. The fourth-order valence-corrected chi connectivity index (χ4v) is 4.21. The maximum absolute atomic E-state index is 12.8. The molecule has 0 aromatic carbocycles. The summed E-state index contributed by atoms with van der Waals surface area (Å²) < 4.78 is 8.64. The van der Waals surface area contributed by atoms with E-state index in [1.54, 1.807) is 11.1 Å². The molecule has 0 spiro atoms. The number of amides is 1. The number of aromatic nitrogens is 3. The predicted octanol–water partition coefficient (Wildman–Crippen LogP) is 3.75. The quantitative estimate of drug-likeness (QED) is 0.699. The smallest absolute Gasteiger partial charge is 0.420 e. The number of fused-ring (bicyclic) bond motifs is 3. The van der Waals surface area contributed by atoms with Crippen molar-refractivity contribution >= 4 is 38.9 Å². The van der Waals surface area contributed by atoms with Crippen molar-refractivity contribution in [2.24, 2.45) is 0 Å². The van der Waals surface area contributed by atoms with E-state index >= 15 is 0 Å². The van der Waals surface area contributed by atoms with E-state index < -0.39 is 11.7 Å². The average Bonchev–Trinajstić information content (AvgIpc) is 2.82. The molecule has 0 fully saturated rings. The molecule has 4 rings (SSSR count). The molecule has 2 aliphatic rings. The summed E-state index contributed by atoms with van der Waals surface area (Å²) >= 11 is 3.68. The van der Waals surface area contributed by atoms with E-state index in [9.17, 15) is 4.79 Å². The van der Waals surface area contributed by atoms with Crippen LogP contribution in [0.25, 0.3) is 11.0 Å². The van der Waals surface area contributed by atoms with Gasteiger partial charge in [-0.1, -0.05) is 12.2 Å². The summed E-state index contributed by atoms with van der Waals surface area (Å²) in [6.07, 6.45) is 10.3. The summed E-state index contributed by atoms with van der Waals surface area (Å²) in [4.78, 5) is 25.0. The normalized spacial score (nSPS) is 16.6. The Bertz CT molecular complexity index is 1060. The summed E-state index contributed by atoms with van der Waals surface area (Å²) in [5, 5.41) is 0.822. The second-order valence-electron chi connectivity index (χ2n) is 7.89. The number of rotatable bonds is 1. The second-order valence-corrected chi connectivity index (χ2v) is 8.69. The molecule has 9 heteroatoms. The standard InChI is InChI=1S/C20H23BrN6O2/c1-20(2,3)29-19(28)27-8-6-4-5-7-14(27)25-9-10-26-13(11-25)16(21)15-17(22)23-12-24-18(15)26/h4-8,12H,9-11H2,1-3H3,(H2,22,23,24). The van der Waals surface area contributed by atoms with Crippen molar-refractivity contribution < 1.29 is 9.53 Å². The van der Waals surface area contributed by atoms with Crippen molar-refractivity contribution in [3.63, 3.8) is 0 Å². The first kappa shape index (κ1) is 19.5. The predicted molar refractivity (Wildman–Crippen MR) is 114 cm³/mol. The van der Waals surface area contributed by atoms with E-state index in [-0.39, 0.29) is 0 Å². The summed E-state index contributed by atoms with van der Waals surface area (Å²) in [5.41, 5.74) is 7.36. The Hall–Kier alpha value is -2.81. The van der Waals surface area contributed by atoms with Crippen LogP contribution in [-0.2, 0) is 17.8 Å². The molecule has 4 heterocycles. The van der Waals surface area contributed by atoms with E-state index in [1.807, 2.05) is 45.1 Å². The summed E-state index contributed by atoms with van der Waals surface area (Å²) in [6.45, 7) is 7.58. The molecule has 2 N–H and O–H groups in total. The highest BCUT2D eigenvalue weighted by atomic mass is 79.9. The third-order valence-corrected chi connectivity index (χ3v) is 5.56. The fraction of sp³-hybridized carbons (Fsp3) is 0.350. The minimum absolute atomic E-state index is 0.413. The number of ether oxygens (including phenoxy) is 1. The van der Waals surface area contributed by atoms with Crippen molar-refractivity contribution in [3.8, 4) is 0 Å². The molecule has 152 valence electrons. The lowest BCUT2D eigenvalue weighted by Crippen LogP contribution is -2.42. The van der Waals surface area contributed by atoms with E-state index in [2.05, 4.69) is 35.4 Å². The van der Waals surface area contributed by atoms with Gasteiger partial charge >= 0.3 is 6.09 Å². The molecule has 29 heavy (non-hydrogen) atoms. The molecule has 2 aromatic rings. The lowest BCUT2D eigenvalue weighted by Gasteiger charge is -2.36. The molecule has 0 bridgehead atoms. The molecule has 0 aliphatic carbocycles. The minimum Gasteiger partial charge on any atom is -0.443 e. The molecule has 8 nitrogen and oxygen atoms in total. The van der Waals surface area contributed by atoms with Crippen LogP contribution in [0.15, 0.2) is 47.1 Å². The van der Waals surface area contributed by atoms with Gasteiger partial charge in [-0.15, -0.1) is 0 Å². The van der Waals surface area contributed by atoms with Crippen molar-refractivity contribution in [3.05, 3.63) is 52.8 Å². The number of carbonyl (C=O) groups is 1. The number of nitrogens with zero attached hydrogens (tertiary/aromatic N) is 5. The Morgan fingerprint density at radius 1 is 1.21 bits per heavy atom. The van der Waals surface area contributed by atoms with Gasteiger partial charge in [0.25, 0.3) is 0 Å². The third kappa shape index (κ3) is 3.62. The fourth-order valence-electron chi connectivity index (χ4n) is 3.49. The topological polar surface area (TPSA) is 89.5 Å². The first-order chi connectivity index (χ1) is 13.8. The zero-order chi connectivity index (χ0) is 20.8. The number of nitrogens with two attached hydrogens (primary N) is 1. The van der Waals surface area contributed by atoms with Crippen LogP contribution in [0.5, 0.6) is 0 Å². The van der Waals surface area contributed by atoms with E-state index in [4.69, 9.17) is 10.5 Å². The van der Waals surface area contributed by atoms with Gasteiger partial charge in [0.1, 0.15) is 29.2 Å². The maximum Gasteiger partial charge on any atom is 0.420 e. The molecular weight excluding hydrogens is 436 g/mol. The lowest BCUT2D eigenvalue weighted by atomic mass is 10.2. The molecule has 0 atom stereocenters. The second kappa shape index (κ2) is 7.22. The largest absolute Gasteiger partial charge is 0.443 e. The van der Waals surface area contributed by atoms with Gasteiger partial charge in [-0.2, -0.15) is 0 Å². The Kier molecular flexibility index (Phi) is 4.85. The third-order valence-electron chi connectivity index (χ3n) is 4.71. The highest BCUT2D eigenvalue weighted by Crippen LogP contribution is 2.36. The van der Waals surface area contributed by atoms with Crippen LogP contribution in [-0.4, -0.2) is 42.6 Å². The van der Waals surface area contributed by atoms with Gasteiger partial charge in [-0.25, -0.2) is 19.7 Å². The Morgan fingerprint density at radius 2 is 2.00 bits per heavy atom. The molecular formula is C20H23BrN6O2. The summed E-state index contributed by atoms with van der Waals surface area (Å²) in [7, 11) is 0. The van der Waals surface area contributed by atoms with Crippen LogP contribution < -0.4 is 5.73 Å². The van der Waals surface area contributed by atoms with Gasteiger partial charge in [0.15, 0.2) is 0 Å². The average molecular weight is 459 g/mol. The van der Waals surface area contributed by atoms with Gasteiger partial charge in [0.2, 0.25) is 0 Å². The first-order valence-electron chi connectivity index (χ1n) is 9.35. The van der Waals surface area contributed by atoms with E-state index in [1.165, 1.54) is 6.33 Å². The number of anilines is 1. The van der Waals surface area contributed by atoms with Gasteiger partial charge in [-0.3, -0.25) is 0 Å². The van der Waals surface area contributed by atoms with Crippen LogP contribution in [0.4, 0.5) is 10.6 Å². The Labute approximate surface area is 177 Å². The lowest BCUT2D eigenvalue weighted by molar-refractivity contribution is 0.0326. The summed E-state index contributed by atoms with van der Waals surface area (Å²) in [5.74, 6) is 1.21. The van der Waals surface area contributed by atoms with Crippen molar-refractivity contribution in [2.75, 3.05) is 12.3 Å². The zero-order valence-corrected chi connectivity index (χ0v) is 18.2. The molecule has 2 aromatic heterocycles. The van der Waals surface area contributed by atoms with Gasteiger partial charge in [0, 0.05) is 19.3 Å². The number of carbonyl (C=O) groups excluding carboxylic acids is 1.